The molecular weight excluding hydrogens is 164 g/mol. The number of rotatable bonds is 5. The maximum absolute atomic E-state index is 8.97. The Morgan fingerprint density at radius 2 is 2.38 bits per heavy atom. The summed E-state index contributed by atoms with van der Waals surface area (Å²) in [5, 5.41) is 8.97. The van der Waals surface area contributed by atoms with Gasteiger partial charge >= 0.3 is 0 Å². The number of hydrogen-bond acceptors (Lipinski definition) is 2. The second-order valence-corrected chi connectivity index (χ2v) is 2.89. The van der Waals surface area contributed by atoms with Crippen molar-refractivity contribution in [3.8, 4) is 5.75 Å². The molecule has 2 nitrogen and oxygen atoms in total. The van der Waals surface area contributed by atoms with E-state index in [4.69, 9.17) is 9.84 Å². The zero-order valence-corrected chi connectivity index (χ0v) is 7.92. The predicted octanol–water partition coefficient (Wildman–Crippen LogP) is 2.16. The molecule has 0 heterocycles. The molecule has 71 valence electrons. The van der Waals surface area contributed by atoms with Crippen LogP contribution in [0.2, 0.25) is 0 Å². The number of aliphatic hydroxyl groups excluding tert-OH is 1. The minimum absolute atomic E-state index is 0.0127. The second kappa shape index (κ2) is 5.60. The zero-order valence-electron chi connectivity index (χ0n) is 7.92. The summed E-state index contributed by atoms with van der Waals surface area (Å²) in [7, 11) is 0. The largest absolute Gasteiger partial charge is 0.493 e. The molecule has 13 heavy (non-hydrogen) atoms. The van der Waals surface area contributed by atoms with E-state index in [1.54, 1.807) is 12.1 Å². The van der Waals surface area contributed by atoms with Crippen LogP contribution in [0.1, 0.15) is 25.3 Å². The van der Waals surface area contributed by atoms with E-state index < -0.39 is 0 Å². The van der Waals surface area contributed by atoms with Gasteiger partial charge in [0.2, 0.25) is 0 Å². The fourth-order valence-corrected chi connectivity index (χ4v) is 1.04. The molecule has 0 spiro atoms. The Morgan fingerprint density at radius 3 is 3.08 bits per heavy atom. The van der Waals surface area contributed by atoms with Crippen molar-refractivity contribution in [2.75, 3.05) is 6.61 Å². The minimum Gasteiger partial charge on any atom is -0.493 e. The first-order valence-electron chi connectivity index (χ1n) is 4.61. The zero-order chi connectivity index (χ0) is 9.52. The van der Waals surface area contributed by atoms with Crippen LogP contribution >= 0.6 is 0 Å². The molecule has 0 bridgehead atoms. The van der Waals surface area contributed by atoms with E-state index in [0.29, 0.717) is 6.61 Å². The summed E-state index contributed by atoms with van der Waals surface area (Å²) in [6, 6.07) is 8.28. The third kappa shape index (κ3) is 3.07. The van der Waals surface area contributed by atoms with E-state index >= 15 is 0 Å². The minimum atomic E-state index is 0.0127. The first-order valence-corrected chi connectivity index (χ1v) is 4.61. The van der Waals surface area contributed by atoms with E-state index in [1.807, 2.05) is 6.07 Å². The smallest absolute Gasteiger partial charge is 0.124 e. The Labute approximate surface area is 79.2 Å². The third-order valence-corrected chi connectivity index (χ3v) is 1.83. The fourth-order valence-electron chi connectivity index (χ4n) is 1.04. The van der Waals surface area contributed by atoms with Crippen LogP contribution in [0.5, 0.6) is 5.75 Å². The molecule has 1 N–H and O–H groups in total. The Morgan fingerprint density at radius 1 is 1.54 bits per heavy atom. The molecular formula is C11H15O2. The van der Waals surface area contributed by atoms with Gasteiger partial charge in [-0.3, -0.25) is 0 Å². The van der Waals surface area contributed by atoms with Gasteiger partial charge in [-0.25, -0.2) is 0 Å². The highest BCUT2D eigenvalue weighted by Gasteiger charge is 1.99. The summed E-state index contributed by atoms with van der Waals surface area (Å²) in [6.07, 6.45) is 2.16. The van der Waals surface area contributed by atoms with Crippen molar-refractivity contribution in [3.63, 3.8) is 0 Å². The van der Waals surface area contributed by atoms with Gasteiger partial charge in [-0.15, -0.1) is 0 Å². The van der Waals surface area contributed by atoms with Crippen molar-refractivity contribution in [1.82, 2.24) is 0 Å². The van der Waals surface area contributed by atoms with Crippen molar-refractivity contribution >= 4 is 0 Å². The highest BCUT2D eigenvalue weighted by atomic mass is 16.5. The third-order valence-electron chi connectivity index (χ3n) is 1.83. The molecule has 0 unspecified atom stereocenters. The highest BCUT2D eigenvalue weighted by molar-refractivity contribution is 5.31. The van der Waals surface area contributed by atoms with E-state index in [9.17, 15) is 0 Å². The van der Waals surface area contributed by atoms with Crippen LogP contribution in [-0.2, 0) is 6.61 Å². The van der Waals surface area contributed by atoms with E-state index in [0.717, 1.165) is 24.2 Å². The normalized spacial score (nSPS) is 10.0. The van der Waals surface area contributed by atoms with Crippen LogP contribution in [0.25, 0.3) is 0 Å². The van der Waals surface area contributed by atoms with Crippen molar-refractivity contribution < 1.29 is 9.84 Å². The molecule has 1 rings (SSSR count). The number of hydrogen-bond donors (Lipinski definition) is 1. The molecule has 0 amide bonds. The van der Waals surface area contributed by atoms with Gasteiger partial charge in [-0.05, 0) is 24.6 Å². The first-order chi connectivity index (χ1) is 6.38. The molecule has 0 atom stereocenters. The second-order valence-electron chi connectivity index (χ2n) is 2.89. The highest BCUT2D eigenvalue weighted by Crippen LogP contribution is 2.17. The lowest BCUT2D eigenvalue weighted by molar-refractivity contribution is 0.261. The van der Waals surface area contributed by atoms with Gasteiger partial charge in [0, 0.05) is 5.56 Å². The Hall–Kier alpha value is -1.02. The Balaban J connectivity index is 2.54. The molecule has 2 heteroatoms. The first kappa shape index (κ1) is 10.1. The van der Waals surface area contributed by atoms with Crippen LogP contribution in [0.3, 0.4) is 0 Å². The quantitative estimate of drug-likeness (QED) is 0.702. The summed E-state index contributed by atoms with van der Waals surface area (Å²) in [5.74, 6) is 0.773. The standard InChI is InChI=1S/C11H15O2/c1-2-3-8-13-11-7-5-4-6-10(11)9-12/h5-7,12H,2-3,8-9H2,1H3. The average Bonchev–Trinajstić information content (AvgIpc) is 2.19. The van der Waals surface area contributed by atoms with E-state index in [2.05, 4.69) is 13.0 Å². The Kier molecular flexibility index (Phi) is 4.33. The van der Waals surface area contributed by atoms with Gasteiger partial charge in [0.15, 0.2) is 0 Å². The molecule has 0 aliphatic carbocycles. The summed E-state index contributed by atoms with van der Waals surface area (Å²) >= 11 is 0. The molecule has 0 saturated carbocycles. The SMILES string of the molecule is CCCCOc1cc[c]cc1CO. The van der Waals surface area contributed by atoms with Crippen molar-refractivity contribution in [2.24, 2.45) is 0 Å². The maximum Gasteiger partial charge on any atom is 0.124 e. The lowest BCUT2D eigenvalue weighted by Gasteiger charge is -2.08. The topological polar surface area (TPSA) is 29.5 Å². The van der Waals surface area contributed by atoms with Crippen molar-refractivity contribution in [2.45, 2.75) is 26.4 Å². The van der Waals surface area contributed by atoms with Gasteiger partial charge in [-0.2, -0.15) is 0 Å². The Bertz CT molecular complexity index is 246. The van der Waals surface area contributed by atoms with Gasteiger partial charge in [0.25, 0.3) is 0 Å². The van der Waals surface area contributed by atoms with Crippen LogP contribution in [0.4, 0.5) is 0 Å². The van der Waals surface area contributed by atoms with Gasteiger partial charge in [-0.1, -0.05) is 19.4 Å². The predicted molar refractivity (Wildman–Crippen MR) is 51.6 cm³/mol. The molecule has 0 fully saturated rings. The van der Waals surface area contributed by atoms with Crippen LogP contribution in [0.15, 0.2) is 18.2 Å². The molecule has 0 aliphatic rings. The molecule has 1 radical (unpaired) electrons. The number of aliphatic hydroxyl groups is 1. The van der Waals surface area contributed by atoms with Crippen LogP contribution in [-0.4, -0.2) is 11.7 Å². The molecule has 0 aliphatic heterocycles. The maximum atomic E-state index is 8.97. The summed E-state index contributed by atoms with van der Waals surface area (Å²) in [5.41, 5.74) is 0.804. The van der Waals surface area contributed by atoms with Gasteiger partial charge in [0.05, 0.1) is 13.2 Å². The molecule has 0 aromatic heterocycles. The number of benzene rings is 1. The summed E-state index contributed by atoms with van der Waals surface area (Å²) < 4.78 is 5.49. The summed E-state index contributed by atoms with van der Waals surface area (Å²) in [4.78, 5) is 0. The molecule has 1 aromatic rings. The van der Waals surface area contributed by atoms with E-state index in [-0.39, 0.29) is 6.61 Å². The summed E-state index contributed by atoms with van der Waals surface area (Å²) in [6.45, 7) is 2.85. The van der Waals surface area contributed by atoms with Gasteiger partial charge in [0.1, 0.15) is 5.75 Å². The lowest BCUT2D eigenvalue weighted by atomic mass is 10.2. The number of unbranched alkanes of at least 4 members (excludes halogenated alkanes) is 1. The van der Waals surface area contributed by atoms with Crippen molar-refractivity contribution in [1.29, 1.82) is 0 Å². The number of ether oxygens (including phenoxy) is 1. The average molecular weight is 179 g/mol. The van der Waals surface area contributed by atoms with Crippen LogP contribution < -0.4 is 4.74 Å². The van der Waals surface area contributed by atoms with E-state index in [1.165, 1.54) is 0 Å². The van der Waals surface area contributed by atoms with Gasteiger partial charge < -0.3 is 9.84 Å². The molecule has 1 aromatic carbocycles. The monoisotopic (exact) mass is 179 g/mol. The van der Waals surface area contributed by atoms with Crippen LogP contribution in [0, 0.1) is 6.07 Å². The molecule has 0 saturated heterocycles. The fraction of sp³-hybridized carbons (Fsp3) is 0.455. The lowest BCUT2D eigenvalue weighted by Crippen LogP contribution is -1.99. The van der Waals surface area contributed by atoms with Crippen molar-refractivity contribution in [3.05, 3.63) is 29.8 Å².